The lowest BCUT2D eigenvalue weighted by Crippen LogP contribution is -2.23. The molecule has 0 amide bonds. The van der Waals surface area contributed by atoms with Crippen molar-refractivity contribution in [2.24, 2.45) is 5.92 Å². The fourth-order valence-electron chi connectivity index (χ4n) is 1.20. The fraction of sp³-hybridized carbons (Fsp3) is 0.889. The Bertz CT molecular complexity index is 147. The highest BCUT2D eigenvalue weighted by Gasteiger charge is 2.20. The predicted molar refractivity (Wildman–Crippen MR) is 48.4 cm³/mol. The Hall–Kier alpha value is -0.610. The fourth-order valence-corrected chi connectivity index (χ4v) is 1.20. The van der Waals surface area contributed by atoms with Gasteiger partial charge in [-0.15, -0.1) is 0 Å². The maximum atomic E-state index is 10.7. The lowest BCUT2D eigenvalue weighted by Gasteiger charge is -2.14. The van der Waals surface area contributed by atoms with E-state index in [4.69, 9.17) is 15.3 Å². The Morgan fingerprint density at radius 1 is 1.46 bits per heavy atom. The molecule has 0 radical (unpaired) electrons. The van der Waals surface area contributed by atoms with Gasteiger partial charge in [-0.1, -0.05) is 19.8 Å². The average Bonchev–Trinajstić information content (AvgIpc) is 2.11. The SMILES string of the molecule is CCCCC(CC(O)CO)C(=O)O. The third kappa shape index (κ3) is 5.60. The molecule has 0 aliphatic rings. The van der Waals surface area contributed by atoms with Gasteiger partial charge in [-0.2, -0.15) is 0 Å². The zero-order chi connectivity index (χ0) is 10.3. The van der Waals surface area contributed by atoms with Gasteiger partial charge in [0.25, 0.3) is 0 Å². The quantitative estimate of drug-likeness (QED) is 0.550. The summed E-state index contributed by atoms with van der Waals surface area (Å²) in [5.41, 5.74) is 0. The molecule has 78 valence electrons. The van der Waals surface area contributed by atoms with Crippen LogP contribution < -0.4 is 0 Å². The first kappa shape index (κ1) is 12.4. The highest BCUT2D eigenvalue weighted by atomic mass is 16.4. The van der Waals surface area contributed by atoms with Crippen molar-refractivity contribution in [3.8, 4) is 0 Å². The summed E-state index contributed by atoms with van der Waals surface area (Å²) in [6.45, 7) is 1.62. The first-order chi connectivity index (χ1) is 6.11. The van der Waals surface area contributed by atoms with Crippen molar-refractivity contribution in [2.45, 2.75) is 38.7 Å². The molecule has 0 aliphatic heterocycles. The molecule has 0 aliphatic carbocycles. The standard InChI is InChI=1S/C9H18O4/c1-2-3-4-7(9(12)13)5-8(11)6-10/h7-8,10-11H,2-6H2,1H3,(H,12,13). The maximum Gasteiger partial charge on any atom is 0.306 e. The van der Waals surface area contributed by atoms with Crippen LogP contribution >= 0.6 is 0 Å². The molecule has 4 heteroatoms. The van der Waals surface area contributed by atoms with Crippen molar-refractivity contribution in [3.05, 3.63) is 0 Å². The molecule has 0 saturated carbocycles. The smallest absolute Gasteiger partial charge is 0.306 e. The molecule has 0 rings (SSSR count). The van der Waals surface area contributed by atoms with E-state index in [-0.39, 0.29) is 13.0 Å². The summed E-state index contributed by atoms with van der Waals surface area (Å²) in [7, 11) is 0. The van der Waals surface area contributed by atoms with Gasteiger partial charge in [0.2, 0.25) is 0 Å². The summed E-state index contributed by atoms with van der Waals surface area (Å²) in [5, 5.41) is 26.4. The molecule has 13 heavy (non-hydrogen) atoms. The van der Waals surface area contributed by atoms with Crippen LogP contribution in [0, 0.1) is 5.92 Å². The summed E-state index contributed by atoms with van der Waals surface area (Å²) >= 11 is 0. The first-order valence-corrected chi connectivity index (χ1v) is 4.63. The first-order valence-electron chi connectivity index (χ1n) is 4.63. The summed E-state index contributed by atoms with van der Waals surface area (Å²) in [5.74, 6) is -1.41. The van der Waals surface area contributed by atoms with E-state index >= 15 is 0 Å². The topological polar surface area (TPSA) is 77.8 Å². The number of carboxylic acids is 1. The van der Waals surface area contributed by atoms with Crippen LogP contribution in [0.1, 0.15) is 32.6 Å². The molecule has 0 spiro atoms. The van der Waals surface area contributed by atoms with Gasteiger partial charge in [-0.05, 0) is 12.8 Å². The molecule has 0 aromatic heterocycles. The number of carbonyl (C=O) groups is 1. The Labute approximate surface area is 78.2 Å². The Balaban J connectivity index is 3.87. The molecule has 4 nitrogen and oxygen atoms in total. The van der Waals surface area contributed by atoms with E-state index in [1.807, 2.05) is 6.92 Å². The second-order valence-corrected chi connectivity index (χ2v) is 3.25. The number of hydrogen-bond acceptors (Lipinski definition) is 3. The van der Waals surface area contributed by atoms with Crippen LogP contribution in [0.2, 0.25) is 0 Å². The number of aliphatic carboxylic acids is 1. The summed E-state index contributed by atoms with van der Waals surface area (Å²) in [4.78, 5) is 10.7. The Morgan fingerprint density at radius 2 is 2.08 bits per heavy atom. The van der Waals surface area contributed by atoms with Crippen molar-refractivity contribution < 1.29 is 20.1 Å². The Kier molecular flexibility index (Phi) is 6.54. The van der Waals surface area contributed by atoms with E-state index in [0.717, 1.165) is 12.8 Å². The molecule has 2 unspecified atom stereocenters. The highest BCUT2D eigenvalue weighted by Crippen LogP contribution is 2.15. The highest BCUT2D eigenvalue weighted by molar-refractivity contribution is 5.69. The molecule has 0 aromatic rings. The van der Waals surface area contributed by atoms with E-state index in [1.54, 1.807) is 0 Å². The minimum Gasteiger partial charge on any atom is -0.481 e. The molecular weight excluding hydrogens is 172 g/mol. The zero-order valence-electron chi connectivity index (χ0n) is 7.94. The van der Waals surface area contributed by atoms with Gasteiger partial charge >= 0.3 is 5.97 Å². The number of aliphatic hydroxyl groups excluding tert-OH is 2. The molecule has 0 aromatic carbocycles. The molecule has 0 saturated heterocycles. The summed E-state index contributed by atoms with van der Waals surface area (Å²) in [6.07, 6.45) is 1.60. The van der Waals surface area contributed by atoms with Gasteiger partial charge in [-0.25, -0.2) is 0 Å². The van der Waals surface area contributed by atoms with Crippen LogP contribution in [-0.2, 0) is 4.79 Å². The van der Waals surface area contributed by atoms with Gasteiger partial charge < -0.3 is 15.3 Å². The van der Waals surface area contributed by atoms with Crippen LogP contribution in [0.25, 0.3) is 0 Å². The van der Waals surface area contributed by atoms with Crippen molar-refractivity contribution in [1.82, 2.24) is 0 Å². The minimum absolute atomic E-state index is 0.145. The molecule has 3 N–H and O–H groups in total. The predicted octanol–water partition coefficient (Wildman–Crippen LogP) is 0.621. The zero-order valence-corrected chi connectivity index (χ0v) is 7.94. The van der Waals surface area contributed by atoms with E-state index in [0.29, 0.717) is 6.42 Å². The number of hydrogen-bond donors (Lipinski definition) is 3. The van der Waals surface area contributed by atoms with Crippen molar-refractivity contribution in [3.63, 3.8) is 0 Å². The monoisotopic (exact) mass is 190 g/mol. The van der Waals surface area contributed by atoms with Crippen molar-refractivity contribution >= 4 is 5.97 Å². The minimum atomic E-state index is -0.905. The number of unbranched alkanes of at least 4 members (excludes halogenated alkanes) is 1. The molecule has 0 fully saturated rings. The van der Waals surface area contributed by atoms with Crippen LogP contribution in [0.3, 0.4) is 0 Å². The molecule has 2 atom stereocenters. The van der Waals surface area contributed by atoms with E-state index in [9.17, 15) is 4.79 Å². The van der Waals surface area contributed by atoms with Crippen molar-refractivity contribution in [1.29, 1.82) is 0 Å². The number of carboxylic acid groups (broad SMARTS) is 1. The molecule has 0 bridgehead atoms. The number of rotatable bonds is 7. The van der Waals surface area contributed by atoms with E-state index < -0.39 is 18.0 Å². The number of aliphatic hydroxyl groups is 2. The summed E-state index contributed by atoms with van der Waals surface area (Å²) in [6, 6.07) is 0. The largest absolute Gasteiger partial charge is 0.481 e. The average molecular weight is 190 g/mol. The lowest BCUT2D eigenvalue weighted by molar-refractivity contribution is -0.143. The van der Waals surface area contributed by atoms with Crippen LogP contribution in [0.4, 0.5) is 0 Å². The summed E-state index contributed by atoms with van der Waals surface area (Å²) < 4.78 is 0. The van der Waals surface area contributed by atoms with Gasteiger partial charge in [0.1, 0.15) is 0 Å². The van der Waals surface area contributed by atoms with E-state index in [1.165, 1.54) is 0 Å². The van der Waals surface area contributed by atoms with Crippen LogP contribution in [-0.4, -0.2) is 34.0 Å². The van der Waals surface area contributed by atoms with E-state index in [2.05, 4.69) is 0 Å². The van der Waals surface area contributed by atoms with Gasteiger partial charge in [0, 0.05) is 0 Å². The van der Waals surface area contributed by atoms with Gasteiger partial charge in [-0.3, -0.25) is 4.79 Å². The van der Waals surface area contributed by atoms with Crippen molar-refractivity contribution in [2.75, 3.05) is 6.61 Å². The molecule has 0 heterocycles. The second-order valence-electron chi connectivity index (χ2n) is 3.25. The lowest BCUT2D eigenvalue weighted by atomic mass is 9.96. The van der Waals surface area contributed by atoms with Gasteiger partial charge in [0.05, 0.1) is 18.6 Å². The normalized spacial score (nSPS) is 15.3. The van der Waals surface area contributed by atoms with Gasteiger partial charge in [0.15, 0.2) is 0 Å². The molecular formula is C9H18O4. The second kappa shape index (κ2) is 6.86. The third-order valence-electron chi connectivity index (χ3n) is 2.02. The maximum absolute atomic E-state index is 10.7. The Morgan fingerprint density at radius 3 is 2.46 bits per heavy atom. The van der Waals surface area contributed by atoms with Crippen LogP contribution in [0.15, 0.2) is 0 Å². The van der Waals surface area contributed by atoms with Crippen LogP contribution in [0.5, 0.6) is 0 Å². The third-order valence-corrected chi connectivity index (χ3v) is 2.02.